The lowest BCUT2D eigenvalue weighted by Gasteiger charge is -2.38. The average Bonchev–Trinajstić information content (AvgIpc) is 2.61. The van der Waals surface area contributed by atoms with Gasteiger partial charge in [-0.25, -0.2) is 4.98 Å². The summed E-state index contributed by atoms with van der Waals surface area (Å²) < 4.78 is 86.2. The number of hydrogen-bond acceptors (Lipinski definition) is 4. The second-order valence-electron chi connectivity index (χ2n) is 5.41. The lowest BCUT2D eigenvalue weighted by Crippen LogP contribution is -2.72. The van der Waals surface area contributed by atoms with Crippen molar-refractivity contribution in [2.75, 3.05) is 12.4 Å². The lowest BCUT2D eigenvalue weighted by molar-refractivity contribution is -0.294. The SMILES string of the molecule is COc1ccc(C(=O)NC(Nc2ccc(Cl)cn2)(C(F)(F)F)C(F)(F)F)cc1. The third-order valence-corrected chi connectivity index (χ3v) is 3.77. The Hall–Kier alpha value is -2.69. The van der Waals surface area contributed by atoms with Gasteiger partial charge in [-0.1, -0.05) is 11.6 Å². The highest BCUT2D eigenvalue weighted by molar-refractivity contribution is 6.30. The summed E-state index contributed by atoms with van der Waals surface area (Å²) >= 11 is 5.54. The van der Waals surface area contributed by atoms with Gasteiger partial charge in [0.1, 0.15) is 11.6 Å². The highest BCUT2D eigenvalue weighted by Gasteiger charge is 2.72. The van der Waals surface area contributed by atoms with Gasteiger partial charge in [0.2, 0.25) is 0 Å². The molecule has 0 bridgehead atoms. The Morgan fingerprint density at radius 1 is 1.00 bits per heavy atom. The summed E-state index contributed by atoms with van der Waals surface area (Å²) in [5, 5.41) is 2.26. The first-order chi connectivity index (χ1) is 12.9. The van der Waals surface area contributed by atoms with E-state index in [1.54, 1.807) is 0 Å². The van der Waals surface area contributed by atoms with Gasteiger partial charge in [0.25, 0.3) is 5.91 Å². The largest absolute Gasteiger partial charge is 0.497 e. The first-order valence-corrected chi connectivity index (χ1v) is 7.77. The Bertz CT molecular complexity index is 808. The molecule has 0 saturated carbocycles. The molecule has 0 spiro atoms. The van der Waals surface area contributed by atoms with Crippen LogP contribution in [0.1, 0.15) is 10.4 Å². The second kappa shape index (κ2) is 7.74. The van der Waals surface area contributed by atoms with Crippen molar-refractivity contribution in [2.24, 2.45) is 0 Å². The summed E-state index contributed by atoms with van der Waals surface area (Å²) in [5.41, 5.74) is -5.23. The highest BCUT2D eigenvalue weighted by atomic mass is 35.5. The van der Waals surface area contributed by atoms with Crippen LogP contribution >= 0.6 is 11.6 Å². The Morgan fingerprint density at radius 2 is 1.57 bits per heavy atom. The Kier molecular flexibility index (Phi) is 5.97. The quantitative estimate of drug-likeness (QED) is 0.548. The third-order valence-electron chi connectivity index (χ3n) is 3.55. The predicted octanol–water partition coefficient (Wildman–Crippen LogP) is 4.41. The zero-order valence-corrected chi connectivity index (χ0v) is 14.7. The van der Waals surface area contributed by atoms with E-state index in [-0.39, 0.29) is 10.8 Å². The number of benzene rings is 1. The second-order valence-corrected chi connectivity index (χ2v) is 5.85. The molecule has 0 aliphatic carbocycles. The Labute approximate surface area is 159 Å². The standard InChI is InChI=1S/C16H12ClF6N3O2/c1-28-11-5-2-9(3-6-11)13(27)26-14(15(18,19)20,16(21,22)23)25-12-7-4-10(17)8-24-12/h2-8H,1H3,(H,24,25)(H,26,27). The molecule has 2 N–H and O–H groups in total. The van der Waals surface area contributed by atoms with Gasteiger partial charge in [0.15, 0.2) is 0 Å². The molecule has 0 aliphatic heterocycles. The molecule has 1 aromatic carbocycles. The van der Waals surface area contributed by atoms with E-state index in [2.05, 4.69) is 4.98 Å². The number of anilines is 1. The van der Waals surface area contributed by atoms with Gasteiger partial charge < -0.3 is 15.4 Å². The van der Waals surface area contributed by atoms with Crippen LogP contribution < -0.4 is 15.4 Å². The number of hydrogen-bond donors (Lipinski definition) is 2. The summed E-state index contributed by atoms with van der Waals surface area (Å²) in [6.07, 6.45) is -11.1. The number of aromatic nitrogens is 1. The summed E-state index contributed by atoms with van der Waals surface area (Å²) in [4.78, 5) is 15.5. The molecule has 0 radical (unpaired) electrons. The minimum atomic E-state index is -5.96. The number of rotatable bonds is 5. The number of amides is 1. The number of ether oxygens (including phenoxy) is 1. The number of methoxy groups -OCH3 is 1. The van der Waals surface area contributed by atoms with Crippen molar-refractivity contribution < 1.29 is 35.9 Å². The first-order valence-electron chi connectivity index (χ1n) is 7.39. The summed E-state index contributed by atoms with van der Waals surface area (Å²) in [5.74, 6) is -2.15. The van der Waals surface area contributed by atoms with Crippen LogP contribution in [0.25, 0.3) is 0 Å². The molecule has 1 heterocycles. The molecule has 12 heteroatoms. The van der Waals surface area contributed by atoms with E-state index in [0.29, 0.717) is 0 Å². The maximum Gasteiger partial charge on any atom is 0.439 e. The predicted molar refractivity (Wildman–Crippen MR) is 88.2 cm³/mol. The van der Waals surface area contributed by atoms with Crippen LogP contribution in [-0.2, 0) is 0 Å². The summed E-state index contributed by atoms with van der Waals surface area (Å²) in [6, 6.07) is 6.32. The van der Waals surface area contributed by atoms with Crippen LogP contribution in [0.4, 0.5) is 32.2 Å². The number of carbonyl (C=O) groups is 1. The van der Waals surface area contributed by atoms with E-state index >= 15 is 0 Å². The zero-order valence-electron chi connectivity index (χ0n) is 14.0. The monoisotopic (exact) mass is 427 g/mol. The molecule has 5 nitrogen and oxygen atoms in total. The molecule has 0 unspecified atom stereocenters. The van der Waals surface area contributed by atoms with Crippen molar-refractivity contribution in [1.82, 2.24) is 10.3 Å². The molecule has 1 aromatic heterocycles. The zero-order chi connectivity index (χ0) is 21.2. The fourth-order valence-electron chi connectivity index (χ4n) is 2.10. The van der Waals surface area contributed by atoms with Crippen molar-refractivity contribution in [3.05, 3.63) is 53.2 Å². The smallest absolute Gasteiger partial charge is 0.439 e. The number of carbonyl (C=O) groups excluding carboxylic acids is 1. The van der Waals surface area contributed by atoms with Gasteiger partial charge in [0, 0.05) is 11.8 Å². The molecular formula is C16H12ClF6N3O2. The number of alkyl halides is 6. The van der Waals surface area contributed by atoms with Gasteiger partial charge in [0.05, 0.1) is 12.1 Å². The van der Waals surface area contributed by atoms with Gasteiger partial charge in [-0.3, -0.25) is 4.79 Å². The molecule has 1 amide bonds. The van der Waals surface area contributed by atoms with Crippen LogP contribution in [0, 0.1) is 0 Å². The normalized spacial score (nSPS) is 12.4. The van der Waals surface area contributed by atoms with Crippen molar-refractivity contribution in [3.63, 3.8) is 0 Å². The van der Waals surface area contributed by atoms with Gasteiger partial charge in [-0.15, -0.1) is 0 Å². The van der Waals surface area contributed by atoms with E-state index in [1.807, 2.05) is 0 Å². The molecule has 152 valence electrons. The highest BCUT2D eigenvalue weighted by Crippen LogP contribution is 2.43. The lowest BCUT2D eigenvalue weighted by atomic mass is 10.1. The fraction of sp³-hybridized carbons (Fsp3) is 0.250. The number of nitrogens with zero attached hydrogens (tertiary/aromatic N) is 1. The van der Waals surface area contributed by atoms with Crippen molar-refractivity contribution in [1.29, 1.82) is 0 Å². The molecular weight excluding hydrogens is 416 g/mol. The van der Waals surface area contributed by atoms with Crippen molar-refractivity contribution in [3.8, 4) is 5.75 Å². The minimum Gasteiger partial charge on any atom is -0.497 e. The van der Waals surface area contributed by atoms with E-state index in [4.69, 9.17) is 16.3 Å². The molecule has 0 fully saturated rings. The maximum absolute atomic E-state index is 13.6. The van der Waals surface area contributed by atoms with Crippen LogP contribution in [-0.4, -0.2) is 36.0 Å². The van der Waals surface area contributed by atoms with E-state index < -0.39 is 35.3 Å². The van der Waals surface area contributed by atoms with Crippen molar-refractivity contribution in [2.45, 2.75) is 18.0 Å². The molecule has 2 rings (SSSR count). The maximum atomic E-state index is 13.6. The van der Waals surface area contributed by atoms with Crippen LogP contribution in [0.5, 0.6) is 5.75 Å². The fourth-order valence-corrected chi connectivity index (χ4v) is 2.21. The summed E-state index contributed by atoms with van der Waals surface area (Å²) in [7, 11) is 1.30. The third kappa shape index (κ3) is 4.41. The van der Waals surface area contributed by atoms with Gasteiger partial charge in [-0.2, -0.15) is 26.3 Å². The van der Waals surface area contributed by atoms with Gasteiger partial charge >= 0.3 is 18.0 Å². The number of nitrogens with one attached hydrogen (secondary N) is 2. The molecule has 28 heavy (non-hydrogen) atoms. The van der Waals surface area contributed by atoms with Gasteiger partial charge in [-0.05, 0) is 36.4 Å². The molecule has 2 aromatic rings. The Morgan fingerprint density at radius 3 is 2.00 bits per heavy atom. The topological polar surface area (TPSA) is 63.2 Å². The number of halogens is 7. The van der Waals surface area contributed by atoms with Crippen LogP contribution in [0.15, 0.2) is 42.6 Å². The minimum absolute atomic E-state index is 0.00237. The summed E-state index contributed by atoms with van der Waals surface area (Å²) in [6.45, 7) is 0. The van der Waals surface area contributed by atoms with E-state index in [0.717, 1.165) is 35.8 Å². The molecule has 0 saturated heterocycles. The first kappa shape index (κ1) is 21.6. The van der Waals surface area contributed by atoms with Crippen LogP contribution in [0.3, 0.4) is 0 Å². The Balaban J connectivity index is 2.46. The van der Waals surface area contributed by atoms with Crippen molar-refractivity contribution >= 4 is 23.3 Å². The van der Waals surface area contributed by atoms with E-state index in [1.165, 1.54) is 24.6 Å². The van der Waals surface area contributed by atoms with Crippen LogP contribution in [0.2, 0.25) is 5.02 Å². The molecule has 0 aliphatic rings. The number of pyridine rings is 1. The molecule has 0 atom stereocenters. The average molecular weight is 428 g/mol. The van der Waals surface area contributed by atoms with E-state index in [9.17, 15) is 31.1 Å².